The number of rotatable bonds is 6. The first-order chi connectivity index (χ1) is 17.4. The molecule has 2 aromatic heterocycles. The first kappa shape index (κ1) is 26.8. The van der Waals surface area contributed by atoms with Crippen molar-refractivity contribution < 1.29 is 14.3 Å². The maximum absolute atomic E-state index is 12.9. The zero-order valence-electron chi connectivity index (χ0n) is 21.8. The van der Waals surface area contributed by atoms with Crippen LogP contribution in [0, 0.1) is 20.8 Å². The molecule has 4 rings (SSSR count). The van der Waals surface area contributed by atoms with Gasteiger partial charge in [-0.15, -0.1) is 21.5 Å². The minimum atomic E-state index is -0.584. The highest BCUT2D eigenvalue weighted by Gasteiger charge is 2.32. The van der Waals surface area contributed by atoms with Gasteiger partial charge in [-0.25, -0.2) is 4.79 Å². The Morgan fingerprint density at radius 1 is 1.08 bits per heavy atom. The van der Waals surface area contributed by atoms with Crippen molar-refractivity contribution in [3.8, 4) is 5.00 Å². The van der Waals surface area contributed by atoms with E-state index in [1.807, 2.05) is 35.8 Å². The molecule has 1 aromatic carbocycles. The average molecular weight is 543 g/mol. The van der Waals surface area contributed by atoms with Gasteiger partial charge in [0, 0.05) is 34.1 Å². The molecule has 0 saturated heterocycles. The van der Waals surface area contributed by atoms with Gasteiger partial charge < -0.3 is 15.4 Å². The Morgan fingerprint density at radius 3 is 2.43 bits per heavy atom. The number of thiophene rings is 1. The SMILES string of the molecule is Cc1sc2c(c1C)C(c1ccc(Cl)cc1)=NC(CC(=O)NCCNC(=O)OC(C)(C)C)c1nnc(C)n1-2. The lowest BCUT2D eigenvalue weighted by Gasteiger charge is -2.19. The quantitative estimate of drug-likeness (QED) is 0.433. The summed E-state index contributed by atoms with van der Waals surface area (Å²) in [5, 5.41) is 15.9. The van der Waals surface area contributed by atoms with E-state index in [0.717, 1.165) is 33.2 Å². The standard InChI is InChI=1S/C26H31ClN6O3S/c1-14-15(2)37-24-21(14)22(17-7-9-18(27)10-8-17)30-19(23-32-31-16(3)33(23)24)13-20(34)28-11-12-29-25(35)36-26(4,5)6/h7-10,19H,11-13H2,1-6H3,(H,28,34)(H,29,35). The van der Waals surface area contributed by atoms with Crippen molar-refractivity contribution in [1.82, 2.24) is 25.4 Å². The Hall–Kier alpha value is -3.24. The summed E-state index contributed by atoms with van der Waals surface area (Å²) in [5.41, 5.74) is 3.27. The predicted molar refractivity (Wildman–Crippen MR) is 145 cm³/mol. The monoisotopic (exact) mass is 542 g/mol. The van der Waals surface area contributed by atoms with Crippen LogP contribution in [0.15, 0.2) is 29.3 Å². The number of aromatic nitrogens is 3. The molecule has 0 bridgehead atoms. The lowest BCUT2D eigenvalue weighted by Crippen LogP contribution is -2.38. The number of fused-ring (bicyclic) bond motifs is 3. The van der Waals surface area contributed by atoms with Crippen LogP contribution < -0.4 is 10.6 Å². The normalized spacial score (nSPS) is 14.8. The largest absolute Gasteiger partial charge is 0.444 e. The highest BCUT2D eigenvalue weighted by atomic mass is 35.5. The Morgan fingerprint density at radius 2 is 1.76 bits per heavy atom. The van der Waals surface area contributed by atoms with E-state index in [2.05, 4.69) is 34.7 Å². The highest BCUT2D eigenvalue weighted by molar-refractivity contribution is 7.15. The van der Waals surface area contributed by atoms with Crippen LogP contribution in [0.4, 0.5) is 4.79 Å². The van der Waals surface area contributed by atoms with Gasteiger partial charge in [0.2, 0.25) is 5.91 Å². The Balaban J connectivity index is 1.59. The summed E-state index contributed by atoms with van der Waals surface area (Å²) < 4.78 is 7.23. The minimum Gasteiger partial charge on any atom is -0.444 e. The molecule has 0 spiro atoms. The van der Waals surface area contributed by atoms with Gasteiger partial charge in [-0.2, -0.15) is 0 Å². The van der Waals surface area contributed by atoms with Crippen LogP contribution in [0.5, 0.6) is 0 Å². The molecule has 37 heavy (non-hydrogen) atoms. The molecular weight excluding hydrogens is 512 g/mol. The van der Waals surface area contributed by atoms with E-state index in [0.29, 0.717) is 10.8 Å². The van der Waals surface area contributed by atoms with Crippen molar-refractivity contribution in [3.05, 3.63) is 62.5 Å². The second-order valence-electron chi connectivity index (χ2n) is 9.89. The molecular formula is C26H31ClN6O3S. The molecule has 1 unspecified atom stereocenters. The van der Waals surface area contributed by atoms with Crippen LogP contribution >= 0.6 is 22.9 Å². The number of amides is 2. The number of nitrogens with zero attached hydrogens (tertiary/aromatic N) is 4. The van der Waals surface area contributed by atoms with E-state index >= 15 is 0 Å². The van der Waals surface area contributed by atoms with Crippen LogP contribution in [0.2, 0.25) is 5.02 Å². The summed E-state index contributed by atoms with van der Waals surface area (Å²) in [6.07, 6.45) is -0.447. The number of benzene rings is 1. The van der Waals surface area contributed by atoms with Crippen molar-refractivity contribution in [2.45, 2.75) is 59.6 Å². The number of carbonyl (C=O) groups excluding carboxylic acids is 2. The first-order valence-electron chi connectivity index (χ1n) is 12.0. The number of nitrogens with one attached hydrogen (secondary N) is 2. The molecule has 3 aromatic rings. The number of ether oxygens (including phenoxy) is 1. The van der Waals surface area contributed by atoms with Crippen LogP contribution in [0.3, 0.4) is 0 Å². The molecule has 1 aliphatic heterocycles. The van der Waals surface area contributed by atoms with Crippen molar-refractivity contribution in [3.63, 3.8) is 0 Å². The molecule has 3 heterocycles. The fourth-order valence-corrected chi connectivity index (χ4v) is 5.40. The van der Waals surface area contributed by atoms with Gasteiger partial charge in [-0.3, -0.25) is 14.4 Å². The Bertz CT molecular complexity index is 1350. The fraction of sp³-hybridized carbons (Fsp3) is 0.423. The van der Waals surface area contributed by atoms with Crippen molar-refractivity contribution in [2.24, 2.45) is 4.99 Å². The highest BCUT2D eigenvalue weighted by Crippen LogP contribution is 2.39. The second-order valence-corrected chi connectivity index (χ2v) is 11.5. The Labute approximate surface area is 225 Å². The number of hydrogen-bond donors (Lipinski definition) is 2. The maximum Gasteiger partial charge on any atom is 0.407 e. The summed E-state index contributed by atoms with van der Waals surface area (Å²) in [7, 11) is 0. The second kappa shape index (κ2) is 10.6. The van der Waals surface area contributed by atoms with Crippen molar-refractivity contribution >= 4 is 40.6 Å². The lowest BCUT2D eigenvalue weighted by molar-refractivity contribution is -0.121. The molecule has 2 amide bonds. The third-order valence-corrected chi connectivity index (χ3v) is 7.30. The molecule has 1 aliphatic rings. The summed E-state index contributed by atoms with van der Waals surface area (Å²) >= 11 is 7.82. The fourth-order valence-electron chi connectivity index (χ4n) is 4.06. The molecule has 2 N–H and O–H groups in total. The minimum absolute atomic E-state index is 0.0780. The zero-order chi connectivity index (χ0) is 26.9. The van der Waals surface area contributed by atoms with E-state index < -0.39 is 17.7 Å². The van der Waals surface area contributed by atoms with E-state index in [1.165, 1.54) is 4.88 Å². The average Bonchev–Trinajstić information content (AvgIpc) is 3.28. The molecule has 1 atom stereocenters. The molecule has 0 radical (unpaired) electrons. The molecule has 0 fully saturated rings. The van der Waals surface area contributed by atoms with Crippen LogP contribution in [-0.2, 0) is 9.53 Å². The Kier molecular flexibility index (Phi) is 7.70. The van der Waals surface area contributed by atoms with Crippen LogP contribution in [0.25, 0.3) is 5.00 Å². The van der Waals surface area contributed by atoms with Crippen LogP contribution in [-0.4, -0.2) is 51.2 Å². The number of halogens is 1. The van der Waals surface area contributed by atoms with Crippen LogP contribution in [0.1, 0.15) is 66.5 Å². The molecule has 196 valence electrons. The third-order valence-electron chi connectivity index (χ3n) is 5.85. The van der Waals surface area contributed by atoms with Crippen molar-refractivity contribution in [1.29, 1.82) is 0 Å². The summed E-state index contributed by atoms with van der Waals surface area (Å²) in [4.78, 5) is 31.0. The third kappa shape index (κ3) is 6.02. The van der Waals surface area contributed by atoms with Gasteiger partial charge >= 0.3 is 6.09 Å². The van der Waals surface area contributed by atoms with Gasteiger partial charge in [-0.05, 0) is 59.2 Å². The van der Waals surface area contributed by atoms with E-state index in [4.69, 9.17) is 21.3 Å². The first-order valence-corrected chi connectivity index (χ1v) is 13.2. The van der Waals surface area contributed by atoms with Crippen molar-refractivity contribution in [2.75, 3.05) is 13.1 Å². The van der Waals surface area contributed by atoms with Gasteiger partial charge in [-0.1, -0.05) is 23.7 Å². The number of carbonyl (C=O) groups is 2. The topological polar surface area (TPSA) is 110 Å². The summed E-state index contributed by atoms with van der Waals surface area (Å²) in [6, 6.07) is 7.00. The van der Waals surface area contributed by atoms with E-state index in [-0.39, 0.29) is 25.4 Å². The zero-order valence-corrected chi connectivity index (χ0v) is 23.4. The van der Waals surface area contributed by atoms with Gasteiger partial charge in [0.05, 0.1) is 12.1 Å². The smallest absolute Gasteiger partial charge is 0.407 e. The number of aliphatic imine (C=N–C) groups is 1. The molecule has 0 saturated carbocycles. The van der Waals surface area contributed by atoms with Gasteiger partial charge in [0.1, 0.15) is 22.5 Å². The maximum atomic E-state index is 12.9. The van der Waals surface area contributed by atoms with E-state index in [9.17, 15) is 9.59 Å². The molecule has 11 heteroatoms. The lowest BCUT2D eigenvalue weighted by atomic mass is 9.99. The van der Waals surface area contributed by atoms with E-state index in [1.54, 1.807) is 32.1 Å². The summed E-state index contributed by atoms with van der Waals surface area (Å²) in [6.45, 7) is 12.0. The predicted octanol–water partition coefficient (Wildman–Crippen LogP) is 4.83. The summed E-state index contributed by atoms with van der Waals surface area (Å²) in [5.74, 6) is 1.14. The molecule has 9 nitrogen and oxygen atoms in total. The van der Waals surface area contributed by atoms with Gasteiger partial charge in [0.25, 0.3) is 0 Å². The number of aryl methyl sites for hydroxylation is 2. The number of alkyl carbamates (subject to hydrolysis) is 1. The number of hydrogen-bond acceptors (Lipinski definition) is 7. The molecule has 0 aliphatic carbocycles. The van der Waals surface area contributed by atoms with Gasteiger partial charge in [0.15, 0.2) is 5.82 Å².